The van der Waals surface area contributed by atoms with E-state index < -0.39 is 0 Å². The van der Waals surface area contributed by atoms with Crippen LogP contribution < -0.4 is 10.2 Å². The van der Waals surface area contributed by atoms with Crippen LogP contribution in [-0.4, -0.2) is 22.6 Å². The molecular formula is C21H30N4. The van der Waals surface area contributed by atoms with E-state index in [0.29, 0.717) is 12.0 Å². The van der Waals surface area contributed by atoms with Gasteiger partial charge in [-0.25, -0.2) is 4.98 Å². The molecule has 25 heavy (non-hydrogen) atoms. The molecule has 0 amide bonds. The molecule has 3 rings (SSSR count). The fourth-order valence-corrected chi connectivity index (χ4v) is 3.48. The molecule has 2 aromatic rings. The van der Waals surface area contributed by atoms with E-state index in [-0.39, 0.29) is 5.41 Å². The lowest BCUT2D eigenvalue weighted by Gasteiger charge is -2.36. The number of benzene rings is 1. The number of rotatable bonds is 4. The molecule has 1 fully saturated rings. The first kappa shape index (κ1) is 17.7. The summed E-state index contributed by atoms with van der Waals surface area (Å²) in [5.74, 6) is 1.71. The Morgan fingerprint density at radius 3 is 2.56 bits per heavy atom. The van der Waals surface area contributed by atoms with Crippen LogP contribution in [0.3, 0.4) is 0 Å². The SMILES string of the molecule is CCC1CCCCN1c1ccnc(Nc2ccc(C(C)(C)C)cc2)n1. The Kier molecular flexibility index (Phi) is 5.26. The third-order valence-corrected chi connectivity index (χ3v) is 5.04. The van der Waals surface area contributed by atoms with Gasteiger partial charge in [0.25, 0.3) is 0 Å². The van der Waals surface area contributed by atoms with Crippen LogP contribution in [0.1, 0.15) is 58.9 Å². The third-order valence-electron chi connectivity index (χ3n) is 5.04. The molecular weight excluding hydrogens is 308 g/mol. The Labute approximate surface area is 151 Å². The minimum atomic E-state index is 0.165. The van der Waals surface area contributed by atoms with E-state index in [1.807, 2.05) is 12.3 Å². The van der Waals surface area contributed by atoms with E-state index in [4.69, 9.17) is 4.98 Å². The minimum Gasteiger partial charge on any atom is -0.353 e. The highest BCUT2D eigenvalue weighted by Crippen LogP contribution is 2.27. The molecule has 1 aromatic heterocycles. The van der Waals surface area contributed by atoms with Crippen molar-refractivity contribution in [3.8, 4) is 0 Å². The maximum Gasteiger partial charge on any atom is 0.229 e. The van der Waals surface area contributed by atoms with Crippen LogP contribution in [0.2, 0.25) is 0 Å². The molecule has 1 aromatic carbocycles. The standard InChI is InChI=1S/C21H30N4/c1-5-18-8-6-7-15-25(18)19-13-14-22-20(24-19)23-17-11-9-16(10-12-17)21(2,3)4/h9-14,18H,5-8,15H2,1-4H3,(H,22,23,24). The second-order valence-corrected chi connectivity index (χ2v) is 7.94. The summed E-state index contributed by atoms with van der Waals surface area (Å²) >= 11 is 0. The predicted molar refractivity (Wildman–Crippen MR) is 106 cm³/mol. The quantitative estimate of drug-likeness (QED) is 0.822. The first-order valence-electron chi connectivity index (χ1n) is 9.44. The predicted octanol–water partition coefficient (Wildman–Crippen LogP) is 5.29. The summed E-state index contributed by atoms with van der Waals surface area (Å²) in [5.41, 5.74) is 2.51. The second kappa shape index (κ2) is 7.42. The van der Waals surface area contributed by atoms with Gasteiger partial charge in [0.2, 0.25) is 5.95 Å². The van der Waals surface area contributed by atoms with Gasteiger partial charge >= 0.3 is 0 Å². The topological polar surface area (TPSA) is 41.1 Å². The Morgan fingerprint density at radius 1 is 1.12 bits per heavy atom. The Morgan fingerprint density at radius 2 is 1.88 bits per heavy atom. The second-order valence-electron chi connectivity index (χ2n) is 7.94. The summed E-state index contributed by atoms with van der Waals surface area (Å²) in [4.78, 5) is 11.6. The molecule has 4 nitrogen and oxygen atoms in total. The van der Waals surface area contributed by atoms with Gasteiger partial charge < -0.3 is 10.2 Å². The van der Waals surface area contributed by atoms with Crippen molar-refractivity contribution < 1.29 is 0 Å². The molecule has 1 unspecified atom stereocenters. The summed E-state index contributed by atoms with van der Waals surface area (Å²) in [6.07, 6.45) is 6.86. The smallest absolute Gasteiger partial charge is 0.229 e. The van der Waals surface area contributed by atoms with Crippen molar-refractivity contribution in [2.45, 2.75) is 64.8 Å². The molecule has 1 aliphatic rings. The molecule has 2 heterocycles. The zero-order chi connectivity index (χ0) is 17.9. The molecule has 0 saturated carbocycles. The highest BCUT2D eigenvalue weighted by molar-refractivity contribution is 5.56. The molecule has 1 saturated heterocycles. The van der Waals surface area contributed by atoms with Crippen molar-refractivity contribution in [2.24, 2.45) is 0 Å². The summed E-state index contributed by atoms with van der Waals surface area (Å²) in [7, 11) is 0. The van der Waals surface area contributed by atoms with Crippen LogP contribution in [0, 0.1) is 0 Å². The van der Waals surface area contributed by atoms with Crippen LogP contribution >= 0.6 is 0 Å². The maximum atomic E-state index is 4.76. The van der Waals surface area contributed by atoms with Gasteiger partial charge in [0, 0.05) is 24.5 Å². The minimum absolute atomic E-state index is 0.165. The van der Waals surface area contributed by atoms with Crippen molar-refractivity contribution in [3.63, 3.8) is 0 Å². The molecule has 0 spiro atoms. The number of anilines is 3. The first-order valence-corrected chi connectivity index (χ1v) is 9.44. The van der Waals surface area contributed by atoms with Gasteiger partial charge in [0.05, 0.1) is 0 Å². The van der Waals surface area contributed by atoms with E-state index in [1.165, 1.54) is 31.2 Å². The van der Waals surface area contributed by atoms with Gasteiger partial charge in [-0.2, -0.15) is 4.98 Å². The number of aromatic nitrogens is 2. The molecule has 1 atom stereocenters. The van der Waals surface area contributed by atoms with Gasteiger partial charge in [-0.3, -0.25) is 0 Å². The average Bonchev–Trinajstić information content (AvgIpc) is 2.61. The third kappa shape index (κ3) is 4.30. The van der Waals surface area contributed by atoms with E-state index in [9.17, 15) is 0 Å². The number of nitrogens with zero attached hydrogens (tertiary/aromatic N) is 3. The zero-order valence-corrected chi connectivity index (χ0v) is 15.9. The van der Waals surface area contributed by atoms with Gasteiger partial charge in [0.1, 0.15) is 5.82 Å². The average molecular weight is 338 g/mol. The molecule has 4 heteroatoms. The van der Waals surface area contributed by atoms with Gasteiger partial charge in [0.15, 0.2) is 0 Å². The summed E-state index contributed by atoms with van der Waals surface area (Å²) in [6.45, 7) is 10.0. The van der Waals surface area contributed by atoms with Crippen LogP contribution in [0.25, 0.3) is 0 Å². The van der Waals surface area contributed by atoms with Gasteiger partial charge in [-0.15, -0.1) is 0 Å². The summed E-state index contributed by atoms with van der Waals surface area (Å²) in [5, 5.41) is 3.35. The van der Waals surface area contributed by atoms with Crippen molar-refractivity contribution in [2.75, 3.05) is 16.8 Å². The van der Waals surface area contributed by atoms with E-state index in [0.717, 1.165) is 18.1 Å². The van der Waals surface area contributed by atoms with Gasteiger partial charge in [-0.05, 0) is 54.9 Å². The zero-order valence-electron chi connectivity index (χ0n) is 15.9. The van der Waals surface area contributed by atoms with E-state index in [1.54, 1.807) is 0 Å². The van der Waals surface area contributed by atoms with Crippen molar-refractivity contribution in [3.05, 3.63) is 42.1 Å². The van der Waals surface area contributed by atoms with Crippen molar-refractivity contribution >= 4 is 17.5 Å². The number of piperidine rings is 1. The fourth-order valence-electron chi connectivity index (χ4n) is 3.48. The first-order chi connectivity index (χ1) is 12.0. The van der Waals surface area contributed by atoms with E-state index >= 15 is 0 Å². The highest BCUT2D eigenvalue weighted by Gasteiger charge is 2.22. The molecule has 134 valence electrons. The lowest BCUT2D eigenvalue weighted by molar-refractivity contribution is 0.447. The number of hydrogen-bond acceptors (Lipinski definition) is 4. The Hall–Kier alpha value is -2.10. The fraction of sp³-hybridized carbons (Fsp3) is 0.524. The molecule has 0 aliphatic carbocycles. The Bertz CT molecular complexity index is 688. The normalized spacial score (nSPS) is 18.2. The Balaban J connectivity index is 1.75. The van der Waals surface area contributed by atoms with Crippen LogP contribution in [-0.2, 0) is 5.41 Å². The lowest BCUT2D eigenvalue weighted by Crippen LogP contribution is -2.39. The van der Waals surface area contributed by atoms with Crippen molar-refractivity contribution in [1.82, 2.24) is 9.97 Å². The molecule has 1 aliphatic heterocycles. The number of hydrogen-bond donors (Lipinski definition) is 1. The largest absolute Gasteiger partial charge is 0.353 e. The summed E-state index contributed by atoms with van der Waals surface area (Å²) < 4.78 is 0. The molecule has 0 radical (unpaired) electrons. The maximum absolute atomic E-state index is 4.76. The van der Waals surface area contributed by atoms with Crippen LogP contribution in [0.4, 0.5) is 17.5 Å². The molecule has 1 N–H and O–H groups in total. The monoisotopic (exact) mass is 338 g/mol. The molecule has 0 bridgehead atoms. The highest BCUT2D eigenvalue weighted by atomic mass is 15.2. The van der Waals surface area contributed by atoms with E-state index in [2.05, 4.69) is 67.2 Å². The van der Waals surface area contributed by atoms with Crippen LogP contribution in [0.5, 0.6) is 0 Å². The van der Waals surface area contributed by atoms with Gasteiger partial charge in [-0.1, -0.05) is 39.8 Å². The summed E-state index contributed by atoms with van der Waals surface area (Å²) in [6, 6.07) is 11.2. The van der Waals surface area contributed by atoms with Crippen LogP contribution in [0.15, 0.2) is 36.5 Å². The number of nitrogens with one attached hydrogen (secondary N) is 1. The lowest BCUT2D eigenvalue weighted by atomic mass is 9.87. The van der Waals surface area contributed by atoms with Crippen molar-refractivity contribution in [1.29, 1.82) is 0 Å².